The van der Waals surface area contributed by atoms with E-state index < -0.39 is 10.0 Å². The zero-order valence-corrected chi connectivity index (χ0v) is 18.0. The molecule has 2 N–H and O–H groups in total. The molecule has 0 aliphatic carbocycles. The summed E-state index contributed by atoms with van der Waals surface area (Å²) >= 11 is 0. The van der Waals surface area contributed by atoms with Gasteiger partial charge in [0.25, 0.3) is 0 Å². The van der Waals surface area contributed by atoms with Gasteiger partial charge in [0.05, 0.1) is 43.0 Å². The third-order valence-corrected chi connectivity index (χ3v) is 6.57. The van der Waals surface area contributed by atoms with E-state index in [1.165, 1.54) is 16.4 Å². The minimum absolute atomic E-state index is 0.0228. The van der Waals surface area contributed by atoms with Gasteiger partial charge in [-0.1, -0.05) is 0 Å². The van der Waals surface area contributed by atoms with Crippen LogP contribution in [0.4, 0.5) is 5.69 Å². The number of rotatable bonds is 7. The van der Waals surface area contributed by atoms with Gasteiger partial charge in [0.2, 0.25) is 21.8 Å². The van der Waals surface area contributed by atoms with E-state index in [9.17, 15) is 18.0 Å². The first kappa shape index (κ1) is 22.5. The molecule has 2 heterocycles. The predicted molar refractivity (Wildman–Crippen MR) is 110 cm³/mol. The predicted octanol–water partition coefficient (Wildman–Crippen LogP) is -0.135. The first-order valence-electron chi connectivity index (χ1n) is 9.93. The molecule has 2 aliphatic rings. The van der Waals surface area contributed by atoms with Crippen molar-refractivity contribution in [2.75, 3.05) is 57.8 Å². The summed E-state index contributed by atoms with van der Waals surface area (Å²) in [6.45, 7) is 6.18. The molecule has 30 heavy (non-hydrogen) atoms. The fourth-order valence-electron chi connectivity index (χ4n) is 3.28. The summed E-state index contributed by atoms with van der Waals surface area (Å²) in [6.07, 6.45) is -0.159. The molecule has 0 spiro atoms. The van der Waals surface area contributed by atoms with E-state index in [0.29, 0.717) is 32.1 Å². The van der Waals surface area contributed by atoms with Gasteiger partial charge in [-0.3, -0.25) is 14.5 Å². The van der Waals surface area contributed by atoms with E-state index in [0.717, 1.165) is 0 Å². The highest BCUT2D eigenvalue weighted by atomic mass is 32.2. The first-order valence-corrected chi connectivity index (χ1v) is 11.4. The summed E-state index contributed by atoms with van der Waals surface area (Å²) in [7, 11) is -3.72. The van der Waals surface area contributed by atoms with Gasteiger partial charge in [0.1, 0.15) is 5.75 Å². The average molecular weight is 441 g/mol. The Morgan fingerprint density at radius 3 is 2.67 bits per heavy atom. The van der Waals surface area contributed by atoms with E-state index in [-0.39, 0.29) is 54.7 Å². The van der Waals surface area contributed by atoms with Crippen molar-refractivity contribution in [3.05, 3.63) is 18.2 Å². The molecule has 1 aromatic carbocycles. The van der Waals surface area contributed by atoms with Crippen LogP contribution in [0.5, 0.6) is 5.75 Å². The number of amides is 2. The molecule has 11 heteroatoms. The maximum atomic E-state index is 13.0. The van der Waals surface area contributed by atoms with Crippen LogP contribution in [0, 0.1) is 0 Å². The van der Waals surface area contributed by atoms with Crippen molar-refractivity contribution in [2.24, 2.45) is 0 Å². The van der Waals surface area contributed by atoms with Crippen molar-refractivity contribution in [1.29, 1.82) is 0 Å². The highest BCUT2D eigenvalue weighted by Crippen LogP contribution is 2.30. The summed E-state index contributed by atoms with van der Waals surface area (Å²) in [5.74, 6) is -0.0913. The molecule has 2 saturated heterocycles. The zero-order chi connectivity index (χ0) is 21.7. The Kier molecular flexibility index (Phi) is 7.29. The van der Waals surface area contributed by atoms with Crippen LogP contribution in [-0.4, -0.2) is 88.0 Å². The molecule has 2 amide bonds. The third-order valence-electron chi connectivity index (χ3n) is 4.68. The number of nitrogens with one attached hydrogen (secondary N) is 2. The second-order valence-electron chi connectivity index (χ2n) is 7.45. The number of carbonyl (C=O) groups is 2. The van der Waals surface area contributed by atoms with Gasteiger partial charge >= 0.3 is 0 Å². The SMILES string of the molecule is CC(C)Oc1ccc(S(=O)(=O)N2CCOCC2)cc1NC(=O)CN1CCNC(=O)C1. The Labute approximate surface area is 176 Å². The summed E-state index contributed by atoms with van der Waals surface area (Å²) in [5.41, 5.74) is 0.282. The Morgan fingerprint density at radius 2 is 2.00 bits per heavy atom. The molecule has 1 aromatic rings. The van der Waals surface area contributed by atoms with Gasteiger partial charge in [-0.25, -0.2) is 8.42 Å². The third kappa shape index (κ3) is 5.69. The quantitative estimate of drug-likeness (QED) is 0.606. The van der Waals surface area contributed by atoms with Crippen molar-refractivity contribution < 1.29 is 27.5 Å². The Hall–Kier alpha value is -2.21. The number of sulfonamides is 1. The molecule has 0 bridgehead atoms. The summed E-state index contributed by atoms with van der Waals surface area (Å²) < 4.78 is 38.3. The molecule has 2 fully saturated rings. The van der Waals surface area contributed by atoms with E-state index >= 15 is 0 Å². The number of ether oxygens (including phenoxy) is 2. The van der Waals surface area contributed by atoms with E-state index in [4.69, 9.17) is 9.47 Å². The average Bonchev–Trinajstić information content (AvgIpc) is 2.69. The molecule has 0 saturated carbocycles. The van der Waals surface area contributed by atoms with Crippen LogP contribution in [-0.2, 0) is 24.3 Å². The largest absolute Gasteiger partial charge is 0.489 e. The number of piperazine rings is 1. The smallest absolute Gasteiger partial charge is 0.243 e. The van der Waals surface area contributed by atoms with Gasteiger partial charge < -0.3 is 20.1 Å². The van der Waals surface area contributed by atoms with E-state index in [1.807, 2.05) is 13.8 Å². The monoisotopic (exact) mass is 440 g/mol. The number of nitrogens with zero attached hydrogens (tertiary/aromatic N) is 2. The lowest BCUT2D eigenvalue weighted by atomic mass is 10.2. The summed E-state index contributed by atoms with van der Waals surface area (Å²) in [5, 5.41) is 5.46. The second-order valence-corrected chi connectivity index (χ2v) is 9.39. The molecule has 2 aliphatic heterocycles. The fraction of sp³-hybridized carbons (Fsp3) is 0.579. The molecular formula is C19H28N4O6S. The highest BCUT2D eigenvalue weighted by molar-refractivity contribution is 7.89. The van der Waals surface area contributed by atoms with Crippen molar-refractivity contribution in [2.45, 2.75) is 24.8 Å². The molecule has 0 aromatic heterocycles. The summed E-state index contributed by atoms with van der Waals surface area (Å²) in [6, 6.07) is 4.45. The summed E-state index contributed by atoms with van der Waals surface area (Å²) in [4.78, 5) is 25.9. The Bertz CT molecular complexity index is 883. The normalized spacial score (nSPS) is 18.8. The number of anilines is 1. The van der Waals surface area contributed by atoms with Gasteiger partial charge in [-0.05, 0) is 32.0 Å². The molecular weight excluding hydrogens is 412 g/mol. The van der Waals surface area contributed by atoms with E-state index in [1.54, 1.807) is 11.0 Å². The first-order chi connectivity index (χ1) is 14.3. The number of hydrogen-bond donors (Lipinski definition) is 2. The highest BCUT2D eigenvalue weighted by Gasteiger charge is 2.28. The van der Waals surface area contributed by atoms with Crippen LogP contribution in [0.15, 0.2) is 23.1 Å². The molecule has 10 nitrogen and oxygen atoms in total. The fourth-order valence-corrected chi connectivity index (χ4v) is 4.71. The Morgan fingerprint density at radius 1 is 1.27 bits per heavy atom. The molecule has 0 radical (unpaired) electrons. The molecule has 166 valence electrons. The van der Waals surface area contributed by atoms with Crippen LogP contribution in [0.25, 0.3) is 0 Å². The van der Waals surface area contributed by atoms with Crippen molar-refractivity contribution in [3.8, 4) is 5.75 Å². The molecule has 3 rings (SSSR count). The van der Waals surface area contributed by atoms with Gasteiger partial charge in [-0.15, -0.1) is 0 Å². The lowest BCUT2D eigenvalue weighted by Crippen LogP contribution is -2.49. The van der Waals surface area contributed by atoms with Crippen molar-refractivity contribution >= 4 is 27.5 Å². The van der Waals surface area contributed by atoms with Gasteiger partial charge in [0, 0.05) is 26.2 Å². The lowest BCUT2D eigenvalue weighted by molar-refractivity contribution is -0.125. The van der Waals surface area contributed by atoms with Gasteiger partial charge in [-0.2, -0.15) is 4.31 Å². The van der Waals surface area contributed by atoms with Crippen LogP contribution in [0.1, 0.15) is 13.8 Å². The minimum Gasteiger partial charge on any atom is -0.489 e. The van der Waals surface area contributed by atoms with Crippen LogP contribution >= 0.6 is 0 Å². The molecule has 0 unspecified atom stereocenters. The number of hydrogen-bond acceptors (Lipinski definition) is 7. The second kappa shape index (κ2) is 9.73. The zero-order valence-electron chi connectivity index (χ0n) is 17.2. The van der Waals surface area contributed by atoms with Crippen LogP contribution < -0.4 is 15.4 Å². The number of benzene rings is 1. The minimum atomic E-state index is -3.72. The van der Waals surface area contributed by atoms with Gasteiger partial charge in [0.15, 0.2) is 0 Å². The van der Waals surface area contributed by atoms with Crippen molar-refractivity contribution in [3.63, 3.8) is 0 Å². The number of morpholine rings is 1. The van der Waals surface area contributed by atoms with Crippen LogP contribution in [0.2, 0.25) is 0 Å². The van der Waals surface area contributed by atoms with Crippen molar-refractivity contribution in [1.82, 2.24) is 14.5 Å². The lowest BCUT2D eigenvalue weighted by Gasteiger charge is -2.27. The van der Waals surface area contributed by atoms with E-state index in [2.05, 4.69) is 10.6 Å². The number of carbonyl (C=O) groups excluding carboxylic acids is 2. The standard InChI is InChI=1S/C19H28N4O6S/c1-14(2)29-17-4-3-15(30(26,27)23-7-9-28-10-8-23)11-16(17)21-19(25)13-22-6-5-20-18(24)12-22/h3-4,11,14H,5-10,12-13H2,1-2H3,(H,20,24)(H,21,25). The van der Waals surface area contributed by atoms with Crippen LogP contribution in [0.3, 0.4) is 0 Å². The molecule has 0 atom stereocenters. The maximum absolute atomic E-state index is 13.0. The topological polar surface area (TPSA) is 117 Å². The Balaban J connectivity index is 1.80. The maximum Gasteiger partial charge on any atom is 0.243 e.